The Labute approximate surface area is 180 Å². The number of amides is 1. The fourth-order valence-corrected chi connectivity index (χ4v) is 3.56. The van der Waals surface area contributed by atoms with Crippen molar-refractivity contribution in [3.05, 3.63) is 65.4 Å². The number of methoxy groups -OCH3 is 1. The molecule has 1 N–H and O–H groups in total. The van der Waals surface area contributed by atoms with Gasteiger partial charge in [-0.1, -0.05) is 23.4 Å². The molecule has 0 atom stereocenters. The van der Waals surface area contributed by atoms with E-state index < -0.39 is 0 Å². The zero-order valence-electron chi connectivity index (χ0n) is 15.7. The Morgan fingerprint density at radius 1 is 1.17 bits per heavy atom. The first-order valence-corrected chi connectivity index (χ1v) is 10.1. The molecule has 0 saturated carbocycles. The van der Waals surface area contributed by atoms with E-state index in [-0.39, 0.29) is 17.5 Å². The third-order valence-electron chi connectivity index (χ3n) is 4.13. The first-order chi connectivity index (χ1) is 14.5. The van der Waals surface area contributed by atoms with Gasteiger partial charge in [-0.05, 0) is 54.6 Å². The lowest BCUT2D eigenvalue weighted by Crippen LogP contribution is -2.15. The second-order valence-corrected chi connectivity index (χ2v) is 7.59. The lowest BCUT2D eigenvalue weighted by atomic mass is 10.2. The Kier molecular flexibility index (Phi) is 5.82. The molecule has 0 aliphatic carbocycles. The molecule has 0 fully saturated rings. The van der Waals surface area contributed by atoms with Crippen LogP contribution in [0.3, 0.4) is 0 Å². The summed E-state index contributed by atoms with van der Waals surface area (Å²) in [5.41, 5.74) is 1.73. The second-order valence-electron chi connectivity index (χ2n) is 6.15. The van der Waals surface area contributed by atoms with Crippen LogP contribution in [0, 0.1) is 5.82 Å². The van der Waals surface area contributed by atoms with E-state index in [0.29, 0.717) is 38.5 Å². The Bertz CT molecular complexity index is 1220. The smallest absolute Gasteiger partial charge is 0.234 e. The van der Waals surface area contributed by atoms with Gasteiger partial charge in [-0.15, -0.1) is 10.2 Å². The van der Waals surface area contributed by atoms with Crippen LogP contribution in [0.4, 0.5) is 10.1 Å². The molecule has 0 spiro atoms. The van der Waals surface area contributed by atoms with Crippen LogP contribution in [-0.4, -0.2) is 38.6 Å². The van der Waals surface area contributed by atoms with Gasteiger partial charge >= 0.3 is 0 Å². The third-order valence-corrected chi connectivity index (χ3v) is 5.28. The Morgan fingerprint density at radius 2 is 1.97 bits per heavy atom. The first kappa shape index (κ1) is 20.1. The van der Waals surface area contributed by atoms with Crippen molar-refractivity contribution in [3.8, 4) is 17.1 Å². The lowest BCUT2D eigenvalue weighted by Gasteiger charge is -2.10. The molecule has 0 bridgehead atoms. The molecule has 0 aliphatic heterocycles. The Balaban J connectivity index is 1.49. The predicted molar refractivity (Wildman–Crippen MR) is 114 cm³/mol. The summed E-state index contributed by atoms with van der Waals surface area (Å²) >= 11 is 7.25. The van der Waals surface area contributed by atoms with E-state index in [0.717, 1.165) is 0 Å². The van der Waals surface area contributed by atoms with Crippen molar-refractivity contribution < 1.29 is 13.9 Å². The molecule has 152 valence electrons. The molecule has 2 heterocycles. The van der Waals surface area contributed by atoms with Gasteiger partial charge in [-0.3, -0.25) is 4.79 Å². The fourth-order valence-electron chi connectivity index (χ4n) is 2.73. The number of hydrogen-bond donors (Lipinski definition) is 1. The van der Waals surface area contributed by atoms with E-state index in [9.17, 15) is 9.18 Å². The molecule has 10 heteroatoms. The van der Waals surface area contributed by atoms with Gasteiger partial charge in [-0.25, -0.2) is 4.39 Å². The number of nitrogens with zero attached hydrogens (tertiary/aromatic N) is 4. The van der Waals surface area contributed by atoms with Gasteiger partial charge in [0.05, 0.1) is 18.6 Å². The maximum atomic E-state index is 13.2. The van der Waals surface area contributed by atoms with Crippen molar-refractivity contribution in [3.63, 3.8) is 0 Å². The minimum atomic E-state index is -0.334. The van der Waals surface area contributed by atoms with Crippen molar-refractivity contribution in [1.82, 2.24) is 19.8 Å². The van der Waals surface area contributed by atoms with Crippen LogP contribution in [0.5, 0.6) is 5.75 Å². The molecule has 0 saturated heterocycles. The number of thioether (sulfide) groups is 1. The van der Waals surface area contributed by atoms with E-state index in [1.807, 2.05) is 0 Å². The van der Waals surface area contributed by atoms with Gasteiger partial charge < -0.3 is 10.1 Å². The van der Waals surface area contributed by atoms with E-state index in [1.165, 1.54) is 31.0 Å². The van der Waals surface area contributed by atoms with Crippen molar-refractivity contribution in [1.29, 1.82) is 0 Å². The van der Waals surface area contributed by atoms with Crippen LogP contribution in [0.2, 0.25) is 5.02 Å². The molecule has 0 aliphatic rings. The summed E-state index contributed by atoms with van der Waals surface area (Å²) in [5.74, 6) is 0.567. The van der Waals surface area contributed by atoms with Crippen molar-refractivity contribution in [2.75, 3.05) is 18.2 Å². The Morgan fingerprint density at radius 3 is 2.73 bits per heavy atom. The number of hydrogen-bond acceptors (Lipinski definition) is 6. The van der Waals surface area contributed by atoms with E-state index in [4.69, 9.17) is 16.3 Å². The summed E-state index contributed by atoms with van der Waals surface area (Å²) in [7, 11) is 1.52. The lowest BCUT2D eigenvalue weighted by molar-refractivity contribution is -0.113. The van der Waals surface area contributed by atoms with Gasteiger partial charge in [-0.2, -0.15) is 9.61 Å². The standard InChI is InChI=1S/C20H15ClFN5O2S/c1-29-16-7-4-13(21)10-15(16)23-18(28)11-30-19-9-8-17-24-25-20(27(17)26-19)12-2-5-14(22)6-3-12/h2-10H,11H2,1H3,(H,23,28). The molecule has 2 aromatic heterocycles. The van der Waals surface area contributed by atoms with Gasteiger partial charge in [0.15, 0.2) is 11.5 Å². The summed E-state index contributed by atoms with van der Waals surface area (Å²) in [4.78, 5) is 12.4. The van der Waals surface area contributed by atoms with Crippen molar-refractivity contribution in [2.24, 2.45) is 0 Å². The summed E-state index contributed by atoms with van der Waals surface area (Å²) < 4.78 is 20.0. The van der Waals surface area contributed by atoms with Crippen LogP contribution in [0.1, 0.15) is 0 Å². The highest BCUT2D eigenvalue weighted by Crippen LogP contribution is 2.28. The van der Waals surface area contributed by atoms with Crippen LogP contribution >= 0.6 is 23.4 Å². The SMILES string of the molecule is COc1ccc(Cl)cc1NC(=O)CSc1ccc2nnc(-c3ccc(F)cc3)n2n1. The third kappa shape index (κ3) is 4.37. The average Bonchev–Trinajstić information content (AvgIpc) is 3.16. The number of ether oxygens (including phenoxy) is 1. The monoisotopic (exact) mass is 443 g/mol. The summed E-state index contributed by atoms with van der Waals surface area (Å²) in [5, 5.41) is 16.6. The average molecular weight is 444 g/mol. The topological polar surface area (TPSA) is 81.4 Å². The molecule has 2 aromatic carbocycles. The molecule has 7 nitrogen and oxygen atoms in total. The second kappa shape index (κ2) is 8.68. The van der Waals surface area contributed by atoms with Crippen LogP contribution < -0.4 is 10.1 Å². The number of carbonyl (C=O) groups is 1. The number of rotatable bonds is 6. The Hall–Kier alpha value is -3.17. The van der Waals surface area contributed by atoms with E-state index in [2.05, 4.69) is 20.6 Å². The van der Waals surface area contributed by atoms with Crippen molar-refractivity contribution >= 4 is 40.6 Å². The predicted octanol–water partition coefficient (Wildman–Crippen LogP) is 4.32. The first-order valence-electron chi connectivity index (χ1n) is 8.78. The number of aromatic nitrogens is 4. The van der Waals surface area contributed by atoms with Gasteiger partial charge in [0.25, 0.3) is 0 Å². The van der Waals surface area contributed by atoms with Gasteiger partial charge in [0.1, 0.15) is 16.6 Å². The number of benzene rings is 2. The summed E-state index contributed by atoms with van der Waals surface area (Å²) in [6.07, 6.45) is 0. The summed E-state index contributed by atoms with van der Waals surface area (Å²) in [6.45, 7) is 0. The molecule has 30 heavy (non-hydrogen) atoms. The molecule has 4 rings (SSSR count). The van der Waals surface area contributed by atoms with Crippen molar-refractivity contribution in [2.45, 2.75) is 5.03 Å². The van der Waals surface area contributed by atoms with Gasteiger partial charge in [0, 0.05) is 10.6 Å². The highest BCUT2D eigenvalue weighted by molar-refractivity contribution is 7.99. The number of fused-ring (bicyclic) bond motifs is 1. The normalized spacial score (nSPS) is 10.9. The zero-order valence-corrected chi connectivity index (χ0v) is 17.2. The van der Waals surface area contributed by atoms with Gasteiger partial charge in [0.2, 0.25) is 5.91 Å². The zero-order chi connectivity index (χ0) is 21.1. The number of halogens is 2. The maximum absolute atomic E-state index is 13.2. The van der Waals surface area contributed by atoms with E-state index >= 15 is 0 Å². The number of carbonyl (C=O) groups excluding carboxylic acids is 1. The molecule has 0 radical (unpaired) electrons. The quantitative estimate of drug-likeness (QED) is 0.447. The molecule has 0 unspecified atom stereocenters. The highest BCUT2D eigenvalue weighted by Gasteiger charge is 2.13. The molecule has 1 amide bonds. The van der Waals surface area contributed by atoms with Crippen LogP contribution in [-0.2, 0) is 4.79 Å². The van der Waals surface area contributed by atoms with Crippen LogP contribution in [0.15, 0.2) is 59.6 Å². The highest BCUT2D eigenvalue weighted by atomic mass is 35.5. The summed E-state index contributed by atoms with van der Waals surface area (Å²) in [6, 6.07) is 14.4. The van der Waals surface area contributed by atoms with E-state index in [1.54, 1.807) is 47.0 Å². The minimum Gasteiger partial charge on any atom is -0.495 e. The molecular formula is C20H15ClFN5O2S. The number of anilines is 1. The number of nitrogens with one attached hydrogen (secondary N) is 1. The van der Waals surface area contributed by atoms with Crippen LogP contribution in [0.25, 0.3) is 17.0 Å². The largest absolute Gasteiger partial charge is 0.495 e. The molecule has 4 aromatic rings. The minimum absolute atomic E-state index is 0.127. The fraction of sp³-hybridized carbons (Fsp3) is 0.100. The molecular weight excluding hydrogens is 429 g/mol. The maximum Gasteiger partial charge on any atom is 0.234 e.